The van der Waals surface area contributed by atoms with Crippen molar-refractivity contribution in [2.75, 3.05) is 7.11 Å². The Bertz CT molecular complexity index is 775. The van der Waals surface area contributed by atoms with E-state index in [2.05, 4.69) is 10.2 Å². The SMILES string of the molecule is COc1ccc(-c2ccc3[nH]nc(C(=O)O)c3c2)cc1. The van der Waals surface area contributed by atoms with Gasteiger partial charge in [-0.1, -0.05) is 18.2 Å². The number of nitrogens with zero attached hydrogens (tertiary/aromatic N) is 1. The molecule has 0 aliphatic carbocycles. The number of carbonyl (C=O) groups is 1. The Hall–Kier alpha value is -2.82. The average Bonchev–Trinajstić information content (AvgIpc) is 2.90. The van der Waals surface area contributed by atoms with Gasteiger partial charge in [0.05, 0.1) is 12.6 Å². The van der Waals surface area contributed by atoms with E-state index in [1.807, 2.05) is 42.5 Å². The molecule has 1 heterocycles. The second kappa shape index (κ2) is 4.70. The number of aromatic carboxylic acids is 1. The zero-order valence-corrected chi connectivity index (χ0v) is 10.8. The number of hydrogen-bond donors (Lipinski definition) is 2. The maximum atomic E-state index is 11.1. The van der Waals surface area contributed by atoms with Crippen LogP contribution in [0.2, 0.25) is 0 Å². The minimum absolute atomic E-state index is 0.0374. The number of hydrogen-bond acceptors (Lipinski definition) is 3. The number of aromatic nitrogens is 2. The van der Waals surface area contributed by atoms with Gasteiger partial charge in [0.2, 0.25) is 0 Å². The minimum atomic E-state index is -1.04. The summed E-state index contributed by atoms with van der Waals surface area (Å²) >= 11 is 0. The van der Waals surface area contributed by atoms with Crippen molar-refractivity contribution in [2.24, 2.45) is 0 Å². The van der Waals surface area contributed by atoms with Crippen LogP contribution in [0.25, 0.3) is 22.0 Å². The minimum Gasteiger partial charge on any atom is -0.497 e. The van der Waals surface area contributed by atoms with E-state index in [1.54, 1.807) is 7.11 Å². The summed E-state index contributed by atoms with van der Waals surface area (Å²) in [6, 6.07) is 13.2. The number of H-pyrrole nitrogens is 1. The van der Waals surface area contributed by atoms with Gasteiger partial charge in [0, 0.05) is 5.39 Å². The Morgan fingerprint density at radius 2 is 1.85 bits per heavy atom. The van der Waals surface area contributed by atoms with Crippen LogP contribution in [0.1, 0.15) is 10.5 Å². The number of fused-ring (bicyclic) bond motifs is 1. The van der Waals surface area contributed by atoms with Gasteiger partial charge in [-0.05, 0) is 35.4 Å². The lowest BCUT2D eigenvalue weighted by atomic mass is 10.0. The molecule has 2 aromatic carbocycles. The summed E-state index contributed by atoms with van der Waals surface area (Å²) in [5.41, 5.74) is 2.67. The monoisotopic (exact) mass is 268 g/mol. The molecule has 3 aromatic rings. The Morgan fingerprint density at radius 1 is 1.15 bits per heavy atom. The first-order valence-corrected chi connectivity index (χ1v) is 6.05. The predicted octanol–water partition coefficient (Wildman–Crippen LogP) is 2.94. The van der Waals surface area contributed by atoms with E-state index in [1.165, 1.54) is 0 Å². The topological polar surface area (TPSA) is 75.2 Å². The molecule has 0 aliphatic heterocycles. The Labute approximate surface area is 114 Å². The number of methoxy groups -OCH3 is 1. The van der Waals surface area contributed by atoms with Crippen LogP contribution < -0.4 is 4.74 Å². The number of rotatable bonds is 3. The zero-order valence-electron chi connectivity index (χ0n) is 10.8. The molecule has 0 radical (unpaired) electrons. The Kier molecular flexibility index (Phi) is 2.87. The molecule has 0 unspecified atom stereocenters. The van der Waals surface area contributed by atoms with Crippen molar-refractivity contribution in [2.45, 2.75) is 0 Å². The molecule has 0 aliphatic rings. The Balaban J connectivity index is 2.11. The highest BCUT2D eigenvalue weighted by Gasteiger charge is 2.13. The molecular weight excluding hydrogens is 256 g/mol. The van der Waals surface area contributed by atoms with E-state index < -0.39 is 5.97 Å². The van der Waals surface area contributed by atoms with Crippen molar-refractivity contribution >= 4 is 16.9 Å². The molecule has 3 rings (SSSR count). The number of carboxylic acids is 1. The number of carboxylic acid groups (broad SMARTS) is 1. The van der Waals surface area contributed by atoms with E-state index >= 15 is 0 Å². The molecule has 5 nitrogen and oxygen atoms in total. The van der Waals surface area contributed by atoms with Crippen LogP contribution in [0.4, 0.5) is 0 Å². The first kappa shape index (κ1) is 12.2. The number of aromatic amines is 1. The highest BCUT2D eigenvalue weighted by molar-refractivity contribution is 6.02. The number of benzene rings is 2. The maximum absolute atomic E-state index is 11.1. The lowest BCUT2D eigenvalue weighted by Gasteiger charge is -2.04. The highest BCUT2D eigenvalue weighted by Crippen LogP contribution is 2.26. The van der Waals surface area contributed by atoms with E-state index in [-0.39, 0.29) is 5.69 Å². The third-order valence-electron chi connectivity index (χ3n) is 3.19. The lowest BCUT2D eigenvalue weighted by Crippen LogP contribution is -1.96. The molecule has 0 atom stereocenters. The van der Waals surface area contributed by atoms with Gasteiger partial charge in [0.25, 0.3) is 0 Å². The summed E-state index contributed by atoms with van der Waals surface area (Å²) in [6.45, 7) is 0. The predicted molar refractivity (Wildman–Crippen MR) is 75.0 cm³/mol. The third kappa shape index (κ3) is 1.99. The molecule has 0 bridgehead atoms. The zero-order chi connectivity index (χ0) is 14.1. The normalized spacial score (nSPS) is 10.7. The van der Waals surface area contributed by atoms with Crippen LogP contribution in [-0.4, -0.2) is 28.4 Å². The standard InChI is InChI=1S/C15H12N2O3/c1-20-11-5-2-9(3-6-11)10-4-7-13-12(8-10)14(15(18)19)17-16-13/h2-8H,1H3,(H,16,17)(H,18,19). The van der Waals surface area contributed by atoms with Gasteiger partial charge in [-0.3, -0.25) is 5.10 Å². The third-order valence-corrected chi connectivity index (χ3v) is 3.19. The van der Waals surface area contributed by atoms with Crippen LogP contribution in [0.15, 0.2) is 42.5 Å². The van der Waals surface area contributed by atoms with Gasteiger partial charge >= 0.3 is 5.97 Å². The van der Waals surface area contributed by atoms with Crippen LogP contribution in [-0.2, 0) is 0 Å². The molecule has 20 heavy (non-hydrogen) atoms. The molecule has 2 N–H and O–H groups in total. The second-order valence-corrected chi connectivity index (χ2v) is 4.37. The van der Waals surface area contributed by atoms with Crippen LogP contribution in [0.3, 0.4) is 0 Å². The molecule has 0 saturated carbocycles. The van der Waals surface area contributed by atoms with Crippen LogP contribution in [0.5, 0.6) is 5.75 Å². The summed E-state index contributed by atoms with van der Waals surface area (Å²) in [6.07, 6.45) is 0. The summed E-state index contributed by atoms with van der Waals surface area (Å²) in [7, 11) is 1.62. The molecule has 0 saturated heterocycles. The second-order valence-electron chi connectivity index (χ2n) is 4.37. The van der Waals surface area contributed by atoms with Gasteiger partial charge in [-0.2, -0.15) is 5.10 Å². The van der Waals surface area contributed by atoms with E-state index in [9.17, 15) is 4.79 Å². The van der Waals surface area contributed by atoms with Crippen molar-refractivity contribution < 1.29 is 14.6 Å². The summed E-state index contributed by atoms with van der Waals surface area (Å²) < 4.78 is 5.12. The van der Waals surface area contributed by atoms with Crippen LogP contribution in [0, 0.1) is 0 Å². The largest absolute Gasteiger partial charge is 0.497 e. The smallest absolute Gasteiger partial charge is 0.357 e. The lowest BCUT2D eigenvalue weighted by molar-refractivity contribution is 0.0692. The molecule has 0 fully saturated rings. The number of nitrogens with one attached hydrogen (secondary N) is 1. The number of ether oxygens (including phenoxy) is 1. The first-order valence-electron chi connectivity index (χ1n) is 6.05. The van der Waals surface area contributed by atoms with E-state index in [0.717, 1.165) is 16.9 Å². The molecule has 100 valence electrons. The highest BCUT2D eigenvalue weighted by atomic mass is 16.5. The first-order chi connectivity index (χ1) is 9.69. The Morgan fingerprint density at radius 3 is 2.50 bits per heavy atom. The summed E-state index contributed by atoms with van der Waals surface area (Å²) in [5, 5.41) is 16.2. The average molecular weight is 268 g/mol. The summed E-state index contributed by atoms with van der Waals surface area (Å²) in [5.74, 6) is -0.257. The van der Waals surface area contributed by atoms with Crippen LogP contribution >= 0.6 is 0 Å². The van der Waals surface area contributed by atoms with Crippen molar-refractivity contribution in [3.63, 3.8) is 0 Å². The fourth-order valence-corrected chi connectivity index (χ4v) is 2.14. The van der Waals surface area contributed by atoms with E-state index in [0.29, 0.717) is 10.9 Å². The molecule has 0 amide bonds. The van der Waals surface area contributed by atoms with E-state index in [4.69, 9.17) is 9.84 Å². The fraction of sp³-hybridized carbons (Fsp3) is 0.0667. The van der Waals surface area contributed by atoms with Crippen molar-refractivity contribution in [1.29, 1.82) is 0 Å². The fourth-order valence-electron chi connectivity index (χ4n) is 2.14. The molecule has 1 aromatic heterocycles. The molecular formula is C15H12N2O3. The van der Waals surface area contributed by atoms with Crippen molar-refractivity contribution in [1.82, 2.24) is 10.2 Å². The molecule has 0 spiro atoms. The summed E-state index contributed by atoms with van der Waals surface area (Å²) in [4.78, 5) is 11.1. The van der Waals surface area contributed by atoms with Gasteiger partial charge in [0.1, 0.15) is 5.75 Å². The van der Waals surface area contributed by atoms with Crippen molar-refractivity contribution in [3.8, 4) is 16.9 Å². The van der Waals surface area contributed by atoms with Gasteiger partial charge in [-0.15, -0.1) is 0 Å². The quantitative estimate of drug-likeness (QED) is 0.765. The maximum Gasteiger partial charge on any atom is 0.357 e. The van der Waals surface area contributed by atoms with Gasteiger partial charge < -0.3 is 9.84 Å². The van der Waals surface area contributed by atoms with Gasteiger partial charge in [0.15, 0.2) is 5.69 Å². The van der Waals surface area contributed by atoms with Crippen molar-refractivity contribution in [3.05, 3.63) is 48.2 Å². The van der Waals surface area contributed by atoms with Gasteiger partial charge in [-0.25, -0.2) is 4.79 Å². The molecule has 5 heteroatoms.